The first-order chi connectivity index (χ1) is 11.5. The molecule has 1 aromatic heterocycles. The molecule has 0 spiro atoms. The SMILES string of the molecule is Cc1c(C(C)NCC2CCCC(O)C2)nnn1-c1ccc(Cl)cc1. The van der Waals surface area contributed by atoms with Gasteiger partial charge < -0.3 is 10.4 Å². The second-order valence-electron chi connectivity index (χ2n) is 6.76. The van der Waals surface area contributed by atoms with Gasteiger partial charge in [0.25, 0.3) is 0 Å². The molecule has 0 radical (unpaired) electrons. The molecule has 0 aliphatic heterocycles. The Balaban J connectivity index is 1.65. The van der Waals surface area contributed by atoms with Crippen LogP contribution in [0.5, 0.6) is 0 Å². The van der Waals surface area contributed by atoms with Gasteiger partial charge >= 0.3 is 0 Å². The van der Waals surface area contributed by atoms with E-state index in [1.165, 1.54) is 6.42 Å². The Labute approximate surface area is 148 Å². The van der Waals surface area contributed by atoms with Crippen LogP contribution in [-0.4, -0.2) is 32.7 Å². The fraction of sp³-hybridized carbons (Fsp3) is 0.556. The molecular weight excluding hydrogens is 324 g/mol. The third kappa shape index (κ3) is 3.97. The van der Waals surface area contributed by atoms with E-state index >= 15 is 0 Å². The van der Waals surface area contributed by atoms with Gasteiger partial charge in [0.05, 0.1) is 23.5 Å². The lowest BCUT2D eigenvalue weighted by Gasteiger charge is -2.27. The summed E-state index contributed by atoms with van der Waals surface area (Å²) in [4.78, 5) is 0. The zero-order chi connectivity index (χ0) is 17.1. The Morgan fingerprint density at radius 3 is 2.79 bits per heavy atom. The average Bonchev–Trinajstić information content (AvgIpc) is 2.95. The van der Waals surface area contributed by atoms with E-state index in [0.29, 0.717) is 10.9 Å². The van der Waals surface area contributed by atoms with Crippen LogP contribution in [0.4, 0.5) is 0 Å². The van der Waals surface area contributed by atoms with Crippen LogP contribution in [0.2, 0.25) is 5.02 Å². The molecule has 0 bridgehead atoms. The van der Waals surface area contributed by atoms with Gasteiger partial charge in [0, 0.05) is 5.02 Å². The predicted molar refractivity (Wildman–Crippen MR) is 95.5 cm³/mol. The van der Waals surface area contributed by atoms with E-state index in [-0.39, 0.29) is 12.1 Å². The van der Waals surface area contributed by atoms with E-state index < -0.39 is 0 Å². The minimum atomic E-state index is -0.131. The summed E-state index contributed by atoms with van der Waals surface area (Å²) in [6.07, 6.45) is 4.02. The number of nitrogens with one attached hydrogen (secondary N) is 1. The Morgan fingerprint density at radius 2 is 2.08 bits per heavy atom. The van der Waals surface area contributed by atoms with E-state index in [1.807, 2.05) is 35.9 Å². The first-order valence-corrected chi connectivity index (χ1v) is 9.02. The van der Waals surface area contributed by atoms with Gasteiger partial charge in [-0.3, -0.25) is 0 Å². The molecule has 3 atom stereocenters. The molecule has 1 aliphatic rings. The van der Waals surface area contributed by atoms with Gasteiger partial charge in [0.2, 0.25) is 0 Å². The number of halogens is 1. The van der Waals surface area contributed by atoms with E-state index in [2.05, 4.69) is 22.6 Å². The normalized spacial score (nSPS) is 22.5. The highest BCUT2D eigenvalue weighted by molar-refractivity contribution is 6.30. The summed E-state index contributed by atoms with van der Waals surface area (Å²) in [5.74, 6) is 0.544. The summed E-state index contributed by atoms with van der Waals surface area (Å²) in [5, 5.41) is 22.7. The summed E-state index contributed by atoms with van der Waals surface area (Å²) in [7, 11) is 0. The fourth-order valence-corrected chi connectivity index (χ4v) is 3.58. The maximum absolute atomic E-state index is 9.79. The third-order valence-corrected chi connectivity index (χ3v) is 5.13. The highest BCUT2D eigenvalue weighted by Crippen LogP contribution is 2.25. The monoisotopic (exact) mass is 348 g/mol. The number of aliphatic hydroxyl groups excluding tert-OH is 1. The van der Waals surface area contributed by atoms with Crippen molar-refractivity contribution in [2.24, 2.45) is 5.92 Å². The van der Waals surface area contributed by atoms with Crippen molar-refractivity contribution < 1.29 is 5.11 Å². The topological polar surface area (TPSA) is 63.0 Å². The number of hydrogen-bond donors (Lipinski definition) is 2. The van der Waals surface area contributed by atoms with Crippen molar-refractivity contribution in [3.05, 3.63) is 40.7 Å². The van der Waals surface area contributed by atoms with Gasteiger partial charge in [-0.2, -0.15) is 0 Å². The maximum atomic E-state index is 9.79. The molecular formula is C18H25ClN4O. The number of aliphatic hydroxyl groups is 1. The molecule has 6 heteroatoms. The smallest absolute Gasteiger partial charge is 0.103 e. The molecule has 130 valence electrons. The fourth-order valence-electron chi connectivity index (χ4n) is 3.46. The molecule has 0 saturated heterocycles. The van der Waals surface area contributed by atoms with Gasteiger partial charge in [-0.05, 0) is 69.8 Å². The molecule has 2 aromatic rings. The first kappa shape index (κ1) is 17.4. The largest absolute Gasteiger partial charge is 0.393 e. The molecule has 2 N–H and O–H groups in total. The van der Waals surface area contributed by atoms with Gasteiger partial charge in [-0.25, -0.2) is 4.68 Å². The summed E-state index contributed by atoms with van der Waals surface area (Å²) in [6.45, 7) is 5.06. The van der Waals surface area contributed by atoms with E-state index in [1.54, 1.807) is 0 Å². The van der Waals surface area contributed by atoms with Crippen LogP contribution < -0.4 is 5.32 Å². The maximum Gasteiger partial charge on any atom is 0.103 e. The van der Waals surface area contributed by atoms with E-state index in [0.717, 1.165) is 42.9 Å². The lowest BCUT2D eigenvalue weighted by molar-refractivity contribution is 0.0997. The molecule has 1 aromatic carbocycles. The van der Waals surface area contributed by atoms with Crippen molar-refractivity contribution in [1.82, 2.24) is 20.3 Å². The Hall–Kier alpha value is -1.43. The van der Waals surface area contributed by atoms with Crippen LogP contribution in [0.25, 0.3) is 5.69 Å². The number of rotatable bonds is 5. The standard InChI is InChI=1S/C18H25ClN4O/c1-12(20-11-14-4-3-5-17(24)10-14)18-13(2)23(22-21-18)16-8-6-15(19)7-9-16/h6-9,12,14,17,20,24H,3-5,10-11H2,1-2H3. The van der Waals surface area contributed by atoms with Crippen LogP contribution in [0, 0.1) is 12.8 Å². The lowest BCUT2D eigenvalue weighted by atomic mass is 9.87. The van der Waals surface area contributed by atoms with Crippen LogP contribution in [-0.2, 0) is 0 Å². The van der Waals surface area contributed by atoms with Crippen molar-refractivity contribution in [3.63, 3.8) is 0 Å². The number of benzene rings is 1. The van der Waals surface area contributed by atoms with Gasteiger partial charge in [0.15, 0.2) is 0 Å². The molecule has 1 saturated carbocycles. The minimum Gasteiger partial charge on any atom is -0.393 e. The minimum absolute atomic E-state index is 0.130. The molecule has 3 rings (SSSR count). The summed E-state index contributed by atoms with van der Waals surface area (Å²) < 4.78 is 1.84. The summed E-state index contributed by atoms with van der Waals surface area (Å²) >= 11 is 5.95. The Kier molecular flexibility index (Phi) is 5.54. The van der Waals surface area contributed by atoms with Crippen molar-refractivity contribution in [3.8, 4) is 5.69 Å². The van der Waals surface area contributed by atoms with Gasteiger partial charge in [-0.1, -0.05) is 23.2 Å². The molecule has 24 heavy (non-hydrogen) atoms. The van der Waals surface area contributed by atoms with Crippen LogP contribution in [0.15, 0.2) is 24.3 Å². The van der Waals surface area contributed by atoms with Crippen molar-refractivity contribution in [2.75, 3.05) is 6.54 Å². The third-order valence-electron chi connectivity index (χ3n) is 4.88. The molecule has 3 unspecified atom stereocenters. The predicted octanol–water partition coefficient (Wildman–Crippen LogP) is 3.43. The average molecular weight is 349 g/mol. The van der Waals surface area contributed by atoms with Crippen LogP contribution in [0.3, 0.4) is 0 Å². The van der Waals surface area contributed by atoms with Crippen molar-refractivity contribution >= 4 is 11.6 Å². The van der Waals surface area contributed by atoms with E-state index in [4.69, 9.17) is 11.6 Å². The summed E-state index contributed by atoms with van der Waals surface area (Å²) in [5.41, 5.74) is 2.94. The number of hydrogen-bond acceptors (Lipinski definition) is 4. The first-order valence-electron chi connectivity index (χ1n) is 8.64. The molecule has 1 aliphatic carbocycles. The van der Waals surface area contributed by atoms with Crippen molar-refractivity contribution in [2.45, 2.75) is 51.7 Å². The molecule has 1 fully saturated rings. The molecule has 5 nitrogen and oxygen atoms in total. The van der Waals surface area contributed by atoms with Crippen LogP contribution >= 0.6 is 11.6 Å². The highest BCUT2D eigenvalue weighted by atomic mass is 35.5. The lowest BCUT2D eigenvalue weighted by Crippen LogP contribution is -2.31. The zero-order valence-corrected chi connectivity index (χ0v) is 15.0. The van der Waals surface area contributed by atoms with Crippen molar-refractivity contribution in [1.29, 1.82) is 0 Å². The zero-order valence-electron chi connectivity index (χ0n) is 14.2. The second-order valence-corrected chi connectivity index (χ2v) is 7.20. The highest BCUT2D eigenvalue weighted by Gasteiger charge is 2.22. The van der Waals surface area contributed by atoms with Crippen LogP contribution in [0.1, 0.15) is 50.0 Å². The number of nitrogens with zero attached hydrogens (tertiary/aromatic N) is 3. The Bertz CT molecular complexity index is 670. The van der Waals surface area contributed by atoms with E-state index in [9.17, 15) is 5.11 Å². The van der Waals surface area contributed by atoms with Gasteiger partial charge in [0.1, 0.15) is 5.69 Å². The molecule has 0 amide bonds. The second kappa shape index (κ2) is 7.64. The van der Waals surface area contributed by atoms with Gasteiger partial charge in [-0.15, -0.1) is 5.10 Å². The quantitative estimate of drug-likeness (QED) is 0.869. The summed E-state index contributed by atoms with van der Waals surface area (Å²) in [6, 6.07) is 7.72. The molecule has 1 heterocycles. The number of aromatic nitrogens is 3. The Morgan fingerprint density at radius 1 is 1.33 bits per heavy atom.